The normalized spacial score (nSPS) is 13.4. The molecule has 0 spiro atoms. The van der Waals surface area contributed by atoms with E-state index in [0.717, 1.165) is 4.31 Å². The molecule has 0 aromatic carbocycles. The molecule has 0 unspecified atom stereocenters. The molecule has 0 aromatic heterocycles. The SMILES string of the molecule is CN(C)S(=O)(=O)NCCCOCC(F)(F)F. The molecule has 9 heteroatoms. The molecule has 98 valence electrons. The number of halogens is 3. The zero-order valence-electron chi connectivity index (χ0n) is 9.04. The first-order valence-electron chi connectivity index (χ1n) is 4.47. The van der Waals surface area contributed by atoms with Crippen molar-refractivity contribution in [2.24, 2.45) is 0 Å². The van der Waals surface area contributed by atoms with Crippen molar-refractivity contribution in [3.8, 4) is 0 Å². The average Bonchev–Trinajstić information content (AvgIpc) is 2.09. The molecule has 0 saturated heterocycles. The van der Waals surface area contributed by atoms with Crippen LogP contribution in [-0.2, 0) is 14.9 Å². The molecule has 0 saturated carbocycles. The lowest BCUT2D eigenvalue weighted by molar-refractivity contribution is -0.173. The Morgan fingerprint density at radius 1 is 1.31 bits per heavy atom. The summed E-state index contributed by atoms with van der Waals surface area (Å²) in [6.45, 7) is -1.42. The third kappa shape index (κ3) is 7.85. The van der Waals surface area contributed by atoms with Crippen LogP contribution in [0.4, 0.5) is 13.2 Å². The van der Waals surface area contributed by atoms with E-state index in [9.17, 15) is 21.6 Å². The van der Waals surface area contributed by atoms with Crippen LogP contribution in [-0.4, -0.2) is 52.8 Å². The van der Waals surface area contributed by atoms with Crippen molar-refractivity contribution in [2.75, 3.05) is 33.9 Å². The van der Waals surface area contributed by atoms with E-state index >= 15 is 0 Å². The summed E-state index contributed by atoms with van der Waals surface area (Å²) >= 11 is 0. The molecule has 16 heavy (non-hydrogen) atoms. The summed E-state index contributed by atoms with van der Waals surface area (Å²) in [7, 11) is -0.809. The van der Waals surface area contributed by atoms with E-state index in [1.165, 1.54) is 14.1 Å². The molecule has 0 aliphatic heterocycles. The van der Waals surface area contributed by atoms with Gasteiger partial charge in [-0.05, 0) is 6.42 Å². The predicted octanol–water partition coefficient (Wildman–Crippen LogP) is 0.351. The van der Waals surface area contributed by atoms with Gasteiger partial charge in [0.25, 0.3) is 10.2 Å². The molecule has 1 N–H and O–H groups in total. The van der Waals surface area contributed by atoms with Crippen LogP contribution in [0.25, 0.3) is 0 Å². The Kier molecular flexibility index (Phi) is 6.23. The van der Waals surface area contributed by atoms with Gasteiger partial charge in [-0.1, -0.05) is 0 Å². The lowest BCUT2D eigenvalue weighted by Crippen LogP contribution is -2.36. The summed E-state index contributed by atoms with van der Waals surface area (Å²) in [5.41, 5.74) is 0. The van der Waals surface area contributed by atoms with E-state index < -0.39 is 23.0 Å². The van der Waals surface area contributed by atoms with Crippen LogP contribution < -0.4 is 4.72 Å². The van der Waals surface area contributed by atoms with Gasteiger partial charge >= 0.3 is 6.18 Å². The maximum atomic E-state index is 11.6. The number of hydrogen-bond donors (Lipinski definition) is 1. The number of nitrogens with zero attached hydrogens (tertiary/aromatic N) is 1. The van der Waals surface area contributed by atoms with Gasteiger partial charge in [0, 0.05) is 27.2 Å². The van der Waals surface area contributed by atoms with Crippen LogP contribution in [0.5, 0.6) is 0 Å². The molecule has 0 heterocycles. The van der Waals surface area contributed by atoms with Crippen molar-refractivity contribution in [2.45, 2.75) is 12.6 Å². The minimum absolute atomic E-state index is 0.0401. The fraction of sp³-hybridized carbons (Fsp3) is 1.00. The molecule has 5 nitrogen and oxygen atoms in total. The number of nitrogens with one attached hydrogen (secondary N) is 1. The molecule has 0 bridgehead atoms. The molecule has 0 amide bonds. The fourth-order valence-electron chi connectivity index (χ4n) is 0.692. The summed E-state index contributed by atoms with van der Waals surface area (Å²) in [4.78, 5) is 0. The van der Waals surface area contributed by atoms with Gasteiger partial charge in [-0.3, -0.25) is 0 Å². The van der Waals surface area contributed by atoms with Gasteiger partial charge in [0.05, 0.1) is 0 Å². The summed E-state index contributed by atoms with van der Waals surface area (Å²) in [6, 6.07) is 0. The monoisotopic (exact) mass is 264 g/mol. The van der Waals surface area contributed by atoms with Crippen molar-refractivity contribution in [1.29, 1.82) is 0 Å². The average molecular weight is 264 g/mol. The molecule has 0 aliphatic rings. The maximum absolute atomic E-state index is 11.6. The topological polar surface area (TPSA) is 58.6 Å². The Morgan fingerprint density at radius 3 is 2.31 bits per heavy atom. The second-order valence-electron chi connectivity index (χ2n) is 3.20. The van der Waals surface area contributed by atoms with Crippen molar-refractivity contribution in [1.82, 2.24) is 9.03 Å². The van der Waals surface area contributed by atoms with E-state index in [1.54, 1.807) is 0 Å². The molecule has 0 aromatic rings. The third-order valence-electron chi connectivity index (χ3n) is 1.50. The maximum Gasteiger partial charge on any atom is 0.411 e. The zero-order chi connectivity index (χ0) is 12.8. The van der Waals surface area contributed by atoms with Crippen molar-refractivity contribution >= 4 is 10.2 Å². The second kappa shape index (κ2) is 6.38. The lowest BCUT2D eigenvalue weighted by atomic mass is 10.5. The van der Waals surface area contributed by atoms with Gasteiger partial charge in [-0.15, -0.1) is 0 Å². The Morgan fingerprint density at radius 2 is 1.88 bits per heavy atom. The second-order valence-corrected chi connectivity index (χ2v) is 5.17. The number of alkyl halides is 3. The van der Waals surface area contributed by atoms with Crippen LogP contribution in [0.15, 0.2) is 0 Å². The summed E-state index contributed by atoms with van der Waals surface area (Å²) in [6.07, 6.45) is -4.16. The van der Waals surface area contributed by atoms with Crippen LogP contribution in [0.3, 0.4) is 0 Å². The van der Waals surface area contributed by atoms with Gasteiger partial charge in [-0.25, -0.2) is 4.72 Å². The number of rotatable bonds is 7. The highest BCUT2D eigenvalue weighted by Crippen LogP contribution is 2.14. The fourth-order valence-corrected chi connectivity index (χ4v) is 1.35. The van der Waals surface area contributed by atoms with Crippen molar-refractivity contribution in [3.63, 3.8) is 0 Å². The van der Waals surface area contributed by atoms with Gasteiger partial charge < -0.3 is 4.74 Å². The molecular formula is C7H15F3N2O3S. The molecular weight excluding hydrogens is 249 g/mol. The quantitative estimate of drug-likeness (QED) is 0.675. The summed E-state index contributed by atoms with van der Waals surface area (Å²) in [5.74, 6) is 0. The largest absolute Gasteiger partial charge is 0.411 e. The summed E-state index contributed by atoms with van der Waals surface area (Å²) in [5, 5.41) is 0. The lowest BCUT2D eigenvalue weighted by Gasteiger charge is -2.12. The smallest absolute Gasteiger partial charge is 0.372 e. The van der Waals surface area contributed by atoms with Gasteiger partial charge in [0.2, 0.25) is 0 Å². The van der Waals surface area contributed by atoms with Gasteiger partial charge in [-0.2, -0.15) is 25.9 Å². The van der Waals surface area contributed by atoms with Crippen LogP contribution in [0, 0.1) is 0 Å². The van der Waals surface area contributed by atoms with E-state index in [0.29, 0.717) is 0 Å². The molecule has 0 fully saturated rings. The van der Waals surface area contributed by atoms with Gasteiger partial charge in [0.15, 0.2) is 0 Å². The molecule has 0 rings (SSSR count). The van der Waals surface area contributed by atoms with Crippen LogP contribution >= 0.6 is 0 Å². The minimum atomic E-state index is -4.34. The zero-order valence-corrected chi connectivity index (χ0v) is 9.86. The standard InChI is InChI=1S/C7H15F3N2O3S/c1-12(2)16(13,14)11-4-3-5-15-6-7(8,9)10/h11H,3-6H2,1-2H3. The van der Waals surface area contributed by atoms with E-state index in [2.05, 4.69) is 9.46 Å². The van der Waals surface area contributed by atoms with E-state index in [4.69, 9.17) is 0 Å². The van der Waals surface area contributed by atoms with Gasteiger partial charge in [0.1, 0.15) is 6.61 Å². The van der Waals surface area contributed by atoms with E-state index in [1.807, 2.05) is 0 Å². The number of ether oxygens (including phenoxy) is 1. The third-order valence-corrected chi connectivity index (χ3v) is 3.03. The molecule has 0 aliphatic carbocycles. The Balaban J connectivity index is 3.56. The highest BCUT2D eigenvalue weighted by atomic mass is 32.2. The first-order chi connectivity index (χ1) is 7.15. The predicted molar refractivity (Wildman–Crippen MR) is 52.1 cm³/mol. The number of hydrogen-bond acceptors (Lipinski definition) is 3. The first-order valence-corrected chi connectivity index (χ1v) is 5.91. The van der Waals surface area contributed by atoms with Crippen LogP contribution in [0.2, 0.25) is 0 Å². The van der Waals surface area contributed by atoms with Crippen molar-refractivity contribution in [3.05, 3.63) is 0 Å². The summed E-state index contributed by atoms with van der Waals surface area (Å²) < 4.78 is 64.6. The van der Waals surface area contributed by atoms with Crippen molar-refractivity contribution < 1.29 is 26.3 Å². The van der Waals surface area contributed by atoms with Crippen LogP contribution in [0.1, 0.15) is 6.42 Å². The molecule has 0 atom stereocenters. The first kappa shape index (κ1) is 15.6. The Labute approximate surface area is 92.7 Å². The Hall–Kier alpha value is -0.380. The molecule has 0 radical (unpaired) electrons. The highest BCUT2D eigenvalue weighted by Gasteiger charge is 2.27. The van der Waals surface area contributed by atoms with E-state index in [-0.39, 0.29) is 19.6 Å². The Bertz CT molecular complexity index is 290. The minimum Gasteiger partial charge on any atom is -0.372 e. The highest BCUT2D eigenvalue weighted by molar-refractivity contribution is 7.87.